The van der Waals surface area contributed by atoms with Crippen molar-refractivity contribution < 1.29 is 9.84 Å². The number of fused-ring (bicyclic) bond motifs is 2. The van der Waals surface area contributed by atoms with Crippen LogP contribution in [0.2, 0.25) is 0 Å². The zero-order chi connectivity index (χ0) is 14.2. The van der Waals surface area contributed by atoms with Crippen molar-refractivity contribution in [2.45, 2.75) is 0 Å². The topological polar surface area (TPSA) is 29.5 Å². The lowest BCUT2D eigenvalue weighted by molar-refractivity contribution is 0.462. The Morgan fingerprint density at radius 3 is 2.29 bits per heavy atom. The van der Waals surface area contributed by atoms with Crippen LogP contribution in [-0.2, 0) is 0 Å². The summed E-state index contributed by atoms with van der Waals surface area (Å²) in [6.07, 6.45) is 0. The largest absolute Gasteiger partial charge is 0.507 e. The van der Waals surface area contributed by atoms with Crippen molar-refractivity contribution in [3.63, 3.8) is 0 Å². The molecule has 1 unspecified atom stereocenters. The number of phenols is 1. The van der Waals surface area contributed by atoms with Crippen LogP contribution < -0.4 is 20.7 Å². The zero-order valence-electron chi connectivity index (χ0n) is 11.2. The number of hydrogen-bond acceptors (Lipinski definition) is 2. The highest BCUT2D eigenvalue weighted by molar-refractivity contribution is 7.80. The maximum Gasteiger partial charge on any atom is 0.139 e. The van der Waals surface area contributed by atoms with Crippen LogP contribution in [0.4, 0.5) is 0 Å². The van der Waals surface area contributed by atoms with Crippen LogP contribution in [0.1, 0.15) is 0 Å². The molecule has 0 fully saturated rings. The van der Waals surface area contributed by atoms with Crippen LogP contribution in [0.3, 0.4) is 0 Å². The molecule has 3 aromatic rings. The van der Waals surface area contributed by atoms with Crippen LogP contribution in [-0.4, -0.2) is 5.11 Å². The summed E-state index contributed by atoms with van der Waals surface area (Å²) >= 11 is 0. The lowest BCUT2D eigenvalue weighted by Crippen LogP contribution is -2.27. The van der Waals surface area contributed by atoms with Crippen molar-refractivity contribution in [1.82, 2.24) is 0 Å². The molecule has 1 N–H and O–H groups in total. The number of rotatable bonds is 1. The van der Waals surface area contributed by atoms with E-state index in [0.717, 1.165) is 22.1 Å². The number of ether oxygens (including phenoxy) is 1. The summed E-state index contributed by atoms with van der Waals surface area (Å²) in [5, 5.41) is 13.6. The van der Waals surface area contributed by atoms with E-state index < -0.39 is 7.92 Å². The Labute approximate surface area is 124 Å². The summed E-state index contributed by atoms with van der Waals surface area (Å²) < 4.78 is 5.97. The molecule has 3 heteroatoms. The molecule has 0 saturated carbocycles. The van der Waals surface area contributed by atoms with Crippen LogP contribution in [0, 0.1) is 0 Å². The smallest absolute Gasteiger partial charge is 0.139 e. The van der Waals surface area contributed by atoms with E-state index in [1.54, 1.807) is 6.07 Å². The first-order valence-corrected chi connectivity index (χ1v) is 8.13. The first-order chi connectivity index (χ1) is 10.3. The summed E-state index contributed by atoms with van der Waals surface area (Å²) in [7, 11) is -0.794. The molecule has 0 aliphatic carbocycles. The predicted octanol–water partition coefficient (Wildman–Crippen LogP) is 3.26. The van der Waals surface area contributed by atoms with E-state index in [2.05, 4.69) is 18.2 Å². The average Bonchev–Trinajstić information content (AvgIpc) is 2.54. The Morgan fingerprint density at radius 1 is 0.714 bits per heavy atom. The van der Waals surface area contributed by atoms with Crippen molar-refractivity contribution in [3.8, 4) is 17.2 Å². The third kappa shape index (κ3) is 2.00. The molecule has 1 aliphatic rings. The highest BCUT2D eigenvalue weighted by atomic mass is 31.1. The lowest BCUT2D eigenvalue weighted by Gasteiger charge is -2.29. The van der Waals surface area contributed by atoms with Crippen LogP contribution in [0.25, 0.3) is 0 Å². The fourth-order valence-corrected chi connectivity index (χ4v) is 5.10. The first-order valence-electron chi connectivity index (χ1n) is 6.78. The van der Waals surface area contributed by atoms with Gasteiger partial charge in [0.15, 0.2) is 0 Å². The van der Waals surface area contributed by atoms with Crippen molar-refractivity contribution >= 4 is 23.8 Å². The average molecular weight is 292 g/mol. The second-order valence-corrected chi connectivity index (χ2v) is 6.98. The minimum atomic E-state index is -0.794. The summed E-state index contributed by atoms with van der Waals surface area (Å²) in [5.74, 6) is 1.94. The van der Waals surface area contributed by atoms with Gasteiger partial charge < -0.3 is 9.84 Å². The van der Waals surface area contributed by atoms with Gasteiger partial charge in [-0.3, -0.25) is 0 Å². The first kappa shape index (κ1) is 12.4. The maximum atomic E-state index is 10.3. The third-order valence-corrected chi connectivity index (χ3v) is 6.10. The third-order valence-electron chi connectivity index (χ3n) is 3.54. The van der Waals surface area contributed by atoms with E-state index in [1.165, 1.54) is 5.30 Å². The minimum Gasteiger partial charge on any atom is -0.507 e. The van der Waals surface area contributed by atoms with Gasteiger partial charge in [0, 0.05) is 5.30 Å². The summed E-state index contributed by atoms with van der Waals surface area (Å²) in [5.41, 5.74) is 0. The highest BCUT2D eigenvalue weighted by Crippen LogP contribution is 2.46. The van der Waals surface area contributed by atoms with Gasteiger partial charge in [-0.25, -0.2) is 0 Å². The molecule has 0 saturated heterocycles. The molecule has 3 aromatic carbocycles. The van der Waals surface area contributed by atoms with E-state index in [9.17, 15) is 5.11 Å². The summed E-state index contributed by atoms with van der Waals surface area (Å²) in [6.45, 7) is 0. The van der Waals surface area contributed by atoms with E-state index >= 15 is 0 Å². The van der Waals surface area contributed by atoms with Crippen molar-refractivity contribution in [2.24, 2.45) is 0 Å². The molecule has 4 rings (SSSR count). The molecule has 1 atom stereocenters. The molecule has 0 amide bonds. The molecular formula is C18H13O2P. The van der Waals surface area contributed by atoms with E-state index in [4.69, 9.17) is 4.74 Å². The van der Waals surface area contributed by atoms with E-state index in [1.807, 2.05) is 48.5 Å². The lowest BCUT2D eigenvalue weighted by atomic mass is 10.3. The van der Waals surface area contributed by atoms with Gasteiger partial charge in [0.1, 0.15) is 17.2 Å². The van der Waals surface area contributed by atoms with Crippen molar-refractivity contribution in [3.05, 3.63) is 72.8 Å². The van der Waals surface area contributed by atoms with Gasteiger partial charge in [-0.15, -0.1) is 0 Å². The zero-order valence-corrected chi connectivity index (χ0v) is 12.1. The van der Waals surface area contributed by atoms with E-state index in [-0.39, 0.29) is 0 Å². The molecule has 0 spiro atoms. The van der Waals surface area contributed by atoms with Crippen molar-refractivity contribution in [1.29, 1.82) is 0 Å². The molecule has 2 nitrogen and oxygen atoms in total. The van der Waals surface area contributed by atoms with Crippen molar-refractivity contribution in [2.75, 3.05) is 0 Å². The number of hydrogen-bond donors (Lipinski definition) is 1. The van der Waals surface area contributed by atoms with Crippen LogP contribution >= 0.6 is 7.92 Å². The Kier molecular flexibility index (Phi) is 2.90. The highest BCUT2D eigenvalue weighted by Gasteiger charge is 2.30. The normalized spacial score (nSPS) is 15.7. The van der Waals surface area contributed by atoms with Gasteiger partial charge >= 0.3 is 0 Å². The molecule has 1 heterocycles. The fourth-order valence-electron chi connectivity index (χ4n) is 2.63. The van der Waals surface area contributed by atoms with Gasteiger partial charge in [-0.05, 0) is 31.4 Å². The van der Waals surface area contributed by atoms with Crippen LogP contribution in [0.15, 0.2) is 72.8 Å². The number of benzene rings is 3. The van der Waals surface area contributed by atoms with Gasteiger partial charge in [-0.2, -0.15) is 0 Å². The maximum absolute atomic E-state index is 10.3. The second-order valence-electron chi connectivity index (χ2n) is 4.86. The minimum absolute atomic E-state index is 0.303. The molecule has 0 bridgehead atoms. The molecule has 0 aromatic heterocycles. The van der Waals surface area contributed by atoms with E-state index in [0.29, 0.717) is 5.75 Å². The molecule has 102 valence electrons. The number of para-hydroxylation sites is 1. The quantitative estimate of drug-likeness (QED) is 0.546. The monoisotopic (exact) mass is 292 g/mol. The van der Waals surface area contributed by atoms with Crippen LogP contribution in [0.5, 0.6) is 17.2 Å². The van der Waals surface area contributed by atoms with Gasteiger partial charge in [0.25, 0.3) is 0 Å². The second kappa shape index (κ2) is 4.91. The van der Waals surface area contributed by atoms with Gasteiger partial charge in [0.05, 0.1) is 5.30 Å². The standard InChI is InChI=1S/C18H13O2P/c19-14-9-6-11-16-18(14)21(13-7-2-1-3-8-13)17-12-5-4-10-15(17)20-16/h1-12,19H. The SMILES string of the molecule is Oc1cccc2c1P(c1ccccc1)c1ccccc1O2. The molecule has 1 aliphatic heterocycles. The molecule has 21 heavy (non-hydrogen) atoms. The fraction of sp³-hybridized carbons (Fsp3) is 0. The Bertz CT molecular complexity index is 799. The summed E-state index contributed by atoms with van der Waals surface area (Å²) in [6, 6.07) is 23.9. The summed E-state index contributed by atoms with van der Waals surface area (Å²) in [4.78, 5) is 0. The number of phenolic OH excluding ortho intramolecular Hbond substituents is 1. The molecule has 0 radical (unpaired) electrons. The predicted molar refractivity (Wildman–Crippen MR) is 86.9 cm³/mol. The number of aromatic hydroxyl groups is 1. The Hall–Kier alpha value is -2.31. The Morgan fingerprint density at radius 2 is 1.43 bits per heavy atom. The molecular weight excluding hydrogens is 279 g/mol. The van der Waals surface area contributed by atoms with Gasteiger partial charge in [-0.1, -0.05) is 54.6 Å². The Balaban J connectivity index is 2.01. The van der Waals surface area contributed by atoms with Gasteiger partial charge in [0.2, 0.25) is 0 Å².